The maximum Gasteiger partial charge on any atom is 0.222 e. The van der Waals surface area contributed by atoms with Crippen LogP contribution in [0, 0.1) is 6.92 Å². The van der Waals surface area contributed by atoms with Crippen LogP contribution in [0.25, 0.3) is 0 Å². The van der Waals surface area contributed by atoms with E-state index in [1.807, 2.05) is 13.0 Å². The van der Waals surface area contributed by atoms with Gasteiger partial charge in [0, 0.05) is 23.5 Å². The molecule has 0 aliphatic carbocycles. The number of rotatable bonds is 2. The number of aromatic hydroxyl groups is 1. The first-order valence-corrected chi connectivity index (χ1v) is 4.81. The first kappa shape index (κ1) is 13.1. The zero-order valence-corrected chi connectivity index (χ0v) is 10.0. The van der Waals surface area contributed by atoms with Gasteiger partial charge in [-0.1, -0.05) is 6.07 Å². The highest BCUT2D eigenvalue weighted by Crippen LogP contribution is 2.19. The lowest BCUT2D eigenvalue weighted by Crippen LogP contribution is -2.01. The summed E-state index contributed by atoms with van der Waals surface area (Å²) < 4.78 is 0. The number of halogens is 1. The molecular weight excluding hydrogens is 240 g/mol. The summed E-state index contributed by atoms with van der Waals surface area (Å²) in [5.41, 5.74) is 7.07. The van der Waals surface area contributed by atoms with Crippen molar-refractivity contribution in [2.24, 2.45) is 0 Å². The van der Waals surface area contributed by atoms with Gasteiger partial charge in [-0.25, -0.2) is 4.98 Å². The Labute approximate surface area is 105 Å². The van der Waals surface area contributed by atoms with Crippen LogP contribution in [0.1, 0.15) is 5.69 Å². The van der Waals surface area contributed by atoms with Crippen LogP contribution in [-0.4, -0.2) is 15.1 Å². The van der Waals surface area contributed by atoms with Gasteiger partial charge in [0.15, 0.2) is 0 Å². The number of nitrogen functional groups attached to an aromatic ring is 1. The summed E-state index contributed by atoms with van der Waals surface area (Å²) in [5.74, 6) is 1.03. The van der Waals surface area contributed by atoms with E-state index in [0.717, 1.165) is 11.4 Å². The van der Waals surface area contributed by atoms with Gasteiger partial charge in [-0.05, 0) is 19.1 Å². The molecule has 17 heavy (non-hydrogen) atoms. The molecule has 0 atom stereocenters. The summed E-state index contributed by atoms with van der Waals surface area (Å²) in [5, 5.41) is 12.3. The molecule has 1 heterocycles. The summed E-state index contributed by atoms with van der Waals surface area (Å²) in [6.45, 7) is 1.84. The number of phenolic OH excluding ortho intramolecular Hbond substituents is 1. The lowest BCUT2D eigenvalue weighted by atomic mass is 10.3. The quantitative estimate of drug-likeness (QED) is 0.763. The van der Waals surface area contributed by atoms with Crippen LogP contribution in [0.15, 0.2) is 30.3 Å². The molecule has 4 N–H and O–H groups in total. The Morgan fingerprint density at radius 1 is 1.24 bits per heavy atom. The largest absolute Gasteiger partial charge is 0.508 e. The number of hydrogen-bond donors (Lipinski definition) is 3. The van der Waals surface area contributed by atoms with E-state index in [0.29, 0.717) is 5.82 Å². The summed E-state index contributed by atoms with van der Waals surface area (Å²) in [6.07, 6.45) is 0. The highest BCUT2D eigenvalue weighted by molar-refractivity contribution is 5.85. The van der Waals surface area contributed by atoms with Gasteiger partial charge in [0.1, 0.15) is 11.6 Å². The van der Waals surface area contributed by atoms with E-state index in [4.69, 9.17) is 5.73 Å². The maximum absolute atomic E-state index is 9.30. The maximum atomic E-state index is 9.30. The van der Waals surface area contributed by atoms with Gasteiger partial charge in [0.05, 0.1) is 0 Å². The number of nitrogens with two attached hydrogens (primary N) is 1. The number of anilines is 3. The van der Waals surface area contributed by atoms with Gasteiger partial charge in [0.2, 0.25) is 5.95 Å². The van der Waals surface area contributed by atoms with Crippen molar-refractivity contribution >= 4 is 29.9 Å². The smallest absolute Gasteiger partial charge is 0.222 e. The Hall–Kier alpha value is -2.01. The second kappa shape index (κ2) is 5.36. The molecule has 0 spiro atoms. The molecule has 0 radical (unpaired) electrons. The molecule has 0 saturated heterocycles. The molecule has 0 unspecified atom stereocenters. The number of hydrogen-bond acceptors (Lipinski definition) is 5. The fraction of sp³-hybridized carbons (Fsp3) is 0.0909. The second-order valence-electron chi connectivity index (χ2n) is 3.43. The van der Waals surface area contributed by atoms with Crippen molar-refractivity contribution < 1.29 is 5.11 Å². The van der Waals surface area contributed by atoms with Crippen LogP contribution >= 0.6 is 12.4 Å². The van der Waals surface area contributed by atoms with Crippen LogP contribution in [-0.2, 0) is 0 Å². The minimum Gasteiger partial charge on any atom is -0.508 e. The van der Waals surface area contributed by atoms with Crippen LogP contribution in [0.4, 0.5) is 17.5 Å². The number of phenols is 1. The number of nitrogens with zero attached hydrogens (tertiary/aromatic N) is 2. The van der Waals surface area contributed by atoms with Gasteiger partial charge in [0.25, 0.3) is 0 Å². The van der Waals surface area contributed by atoms with Gasteiger partial charge < -0.3 is 16.2 Å². The molecule has 1 aromatic carbocycles. The summed E-state index contributed by atoms with van der Waals surface area (Å²) in [4.78, 5) is 8.00. The molecule has 0 bridgehead atoms. The third-order valence-corrected chi connectivity index (χ3v) is 1.99. The predicted molar refractivity (Wildman–Crippen MR) is 69.8 cm³/mol. The summed E-state index contributed by atoms with van der Waals surface area (Å²) >= 11 is 0. The summed E-state index contributed by atoms with van der Waals surface area (Å²) in [7, 11) is 0. The number of nitrogens with one attached hydrogen (secondary N) is 1. The lowest BCUT2D eigenvalue weighted by molar-refractivity contribution is 0.475. The average Bonchev–Trinajstić information content (AvgIpc) is 2.15. The minimum absolute atomic E-state index is 0. The van der Waals surface area contributed by atoms with Crippen molar-refractivity contribution in [1.29, 1.82) is 0 Å². The highest BCUT2D eigenvalue weighted by Gasteiger charge is 2.00. The fourth-order valence-corrected chi connectivity index (χ4v) is 1.39. The van der Waals surface area contributed by atoms with Crippen molar-refractivity contribution in [3.63, 3.8) is 0 Å². The van der Waals surface area contributed by atoms with Crippen LogP contribution in [0.3, 0.4) is 0 Å². The molecular formula is C11H13ClN4O. The van der Waals surface area contributed by atoms with Crippen molar-refractivity contribution in [2.75, 3.05) is 11.1 Å². The van der Waals surface area contributed by atoms with Gasteiger partial charge in [-0.2, -0.15) is 4.98 Å². The van der Waals surface area contributed by atoms with Gasteiger partial charge >= 0.3 is 0 Å². The minimum atomic E-state index is 0. The molecule has 1 aromatic heterocycles. The van der Waals surface area contributed by atoms with Gasteiger partial charge in [-0.3, -0.25) is 0 Å². The molecule has 5 nitrogen and oxygen atoms in total. The topological polar surface area (TPSA) is 84.1 Å². The van der Waals surface area contributed by atoms with Crippen LogP contribution in [0.2, 0.25) is 0 Å². The molecule has 90 valence electrons. The number of aryl methyl sites for hydroxylation is 1. The van der Waals surface area contributed by atoms with Crippen molar-refractivity contribution in [3.05, 3.63) is 36.0 Å². The summed E-state index contributed by atoms with van der Waals surface area (Å²) in [6, 6.07) is 8.56. The Balaban J connectivity index is 0.00000144. The third kappa shape index (κ3) is 3.49. The number of aromatic nitrogens is 2. The first-order chi connectivity index (χ1) is 7.63. The van der Waals surface area contributed by atoms with Crippen molar-refractivity contribution in [3.8, 4) is 5.75 Å². The third-order valence-electron chi connectivity index (χ3n) is 1.99. The zero-order valence-electron chi connectivity index (χ0n) is 9.21. The predicted octanol–water partition coefficient (Wildman–Crippen LogP) is 2.24. The monoisotopic (exact) mass is 252 g/mol. The molecule has 0 aliphatic rings. The van der Waals surface area contributed by atoms with E-state index < -0.39 is 0 Å². The molecule has 6 heteroatoms. The SMILES string of the molecule is Cc1cc(Nc2cccc(O)c2)nc(N)n1.Cl. The van der Waals surface area contributed by atoms with E-state index in [1.54, 1.807) is 24.3 Å². The lowest BCUT2D eigenvalue weighted by Gasteiger charge is -2.06. The molecule has 2 aromatic rings. The zero-order chi connectivity index (χ0) is 11.5. The van der Waals surface area contributed by atoms with Crippen LogP contribution in [0.5, 0.6) is 5.75 Å². The Morgan fingerprint density at radius 3 is 2.65 bits per heavy atom. The Bertz CT molecular complexity index is 498. The second-order valence-corrected chi connectivity index (χ2v) is 3.43. The van der Waals surface area contributed by atoms with E-state index in [1.165, 1.54) is 0 Å². The van der Waals surface area contributed by atoms with E-state index in [-0.39, 0.29) is 24.1 Å². The molecule has 0 amide bonds. The number of benzene rings is 1. The standard InChI is InChI=1S/C11H12N4O.ClH/c1-7-5-10(15-11(12)13-7)14-8-3-2-4-9(16)6-8;/h2-6,16H,1H3,(H3,12,13,14,15);1H. The van der Waals surface area contributed by atoms with Gasteiger partial charge in [-0.15, -0.1) is 12.4 Å². The fourth-order valence-electron chi connectivity index (χ4n) is 1.39. The van der Waals surface area contributed by atoms with Crippen molar-refractivity contribution in [2.45, 2.75) is 6.92 Å². The average molecular weight is 253 g/mol. The molecule has 0 saturated carbocycles. The molecule has 2 rings (SSSR count). The Kier molecular flexibility index (Phi) is 4.12. The normalized spacial score (nSPS) is 9.47. The van der Waals surface area contributed by atoms with Crippen molar-refractivity contribution in [1.82, 2.24) is 9.97 Å². The first-order valence-electron chi connectivity index (χ1n) is 4.81. The van der Waals surface area contributed by atoms with E-state index >= 15 is 0 Å². The highest BCUT2D eigenvalue weighted by atomic mass is 35.5. The van der Waals surface area contributed by atoms with Crippen LogP contribution < -0.4 is 11.1 Å². The Morgan fingerprint density at radius 2 is 2.00 bits per heavy atom. The van der Waals surface area contributed by atoms with E-state index in [2.05, 4.69) is 15.3 Å². The molecule has 0 aliphatic heterocycles. The van der Waals surface area contributed by atoms with E-state index in [9.17, 15) is 5.11 Å². The molecule has 0 fully saturated rings.